The van der Waals surface area contributed by atoms with Gasteiger partial charge in [-0.25, -0.2) is 4.39 Å². The molecule has 17 heavy (non-hydrogen) atoms. The summed E-state index contributed by atoms with van der Waals surface area (Å²) in [5.74, 6) is -1.18. The van der Waals surface area contributed by atoms with Crippen LogP contribution in [-0.2, 0) is 11.2 Å². The molecule has 1 aromatic carbocycles. The molecule has 92 valence electrons. The molecular formula is C12H13FO4. The van der Waals surface area contributed by atoms with Gasteiger partial charge in [0.25, 0.3) is 0 Å². The lowest BCUT2D eigenvalue weighted by Gasteiger charge is -2.19. The molecule has 0 aliphatic carbocycles. The maximum Gasteiger partial charge on any atom is 0.306 e. The van der Waals surface area contributed by atoms with Crippen LogP contribution in [0.5, 0.6) is 11.5 Å². The van der Waals surface area contributed by atoms with Crippen LogP contribution in [0.15, 0.2) is 12.1 Å². The average molecular weight is 240 g/mol. The highest BCUT2D eigenvalue weighted by Gasteiger charge is 2.19. The number of fused-ring (bicyclic) bond motifs is 1. The summed E-state index contributed by atoms with van der Waals surface area (Å²) in [6.45, 7) is 2.36. The molecule has 1 aromatic rings. The van der Waals surface area contributed by atoms with Gasteiger partial charge in [-0.1, -0.05) is 6.92 Å². The van der Waals surface area contributed by atoms with Crippen molar-refractivity contribution < 1.29 is 23.8 Å². The molecule has 1 aliphatic heterocycles. The highest BCUT2D eigenvalue weighted by Crippen LogP contribution is 2.33. The number of hydrogen-bond donors (Lipinski definition) is 1. The first-order valence-corrected chi connectivity index (χ1v) is 5.38. The summed E-state index contributed by atoms with van der Waals surface area (Å²) in [4.78, 5) is 10.7. The van der Waals surface area contributed by atoms with E-state index in [4.69, 9.17) is 14.6 Å². The maximum atomic E-state index is 13.7. The fraction of sp³-hybridized carbons (Fsp3) is 0.417. The molecule has 4 nitrogen and oxygen atoms in total. The van der Waals surface area contributed by atoms with Crippen LogP contribution in [0.2, 0.25) is 0 Å². The smallest absolute Gasteiger partial charge is 0.306 e. The monoisotopic (exact) mass is 240 g/mol. The number of halogens is 1. The van der Waals surface area contributed by atoms with Gasteiger partial charge in [0.15, 0.2) is 11.5 Å². The van der Waals surface area contributed by atoms with Crippen molar-refractivity contribution >= 4 is 5.97 Å². The predicted molar refractivity (Wildman–Crippen MR) is 57.9 cm³/mol. The number of carbonyl (C=O) groups is 1. The molecule has 2 rings (SSSR count). The summed E-state index contributed by atoms with van der Waals surface area (Å²) >= 11 is 0. The largest absolute Gasteiger partial charge is 0.486 e. The van der Waals surface area contributed by atoms with E-state index < -0.39 is 17.7 Å². The van der Waals surface area contributed by atoms with Crippen LogP contribution >= 0.6 is 0 Å². The van der Waals surface area contributed by atoms with Crippen molar-refractivity contribution in [3.63, 3.8) is 0 Å². The van der Waals surface area contributed by atoms with E-state index in [0.29, 0.717) is 30.3 Å². The Kier molecular flexibility index (Phi) is 3.17. The predicted octanol–water partition coefficient (Wildman–Crippen LogP) is 1.86. The maximum absolute atomic E-state index is 13.7. The van der Waals surface area contributed by atoms with Gasteiger partial charge in [-0.3, -0.25) is 4.79 Å². The number of hydrogen-bond acceptors (Lipinski definition) is 3. The minimum Gasteiger partial charge on any atom is -0.486 e. The van der Waals surface area contributed by atoms with Crippen LogP contribution in [-0.4, -0.2) is 24.3 Å². The summed E-state index contributed by atoms with van der Waals surface area (Å²) in [5, 5.41) is 8.79. The van der Waals surface area contributed by atoms with E-state index in [0.717, 1.165) is 0 Å². The number of benzene rings is 1. The van der Waals surface area contributed by atoms with Gasteiger partial charge in [-0.05, 0) is 18.1 Å². The minimum atomic E-state index is -0.945. The lowest BCUT2D eigenvalue weighted by molar-refractivity contribution is -0.141. The lowest BCUT2D eigenvalue weighted by Crippen LogP contribution is -2.17. The average Bonchev–Trinajstić information content (AvgIpc) is 2.29. The molecule has 5 heteroatoms. The fourth-order valence-corrected chi connectivity index (χ4v) is 1.68. The molecule has 0 bridgehead atoms. The number of carboxylic acids is 1. The van der Waals surface area contributed by atoms with Crippen LogP contribution in [0.25, 0.3) is 0 Å². The van der Waals surface area contributed by atoms with Crippen molar-refractivity contribution in [2.75, 3.05) is 13.2 Å². The first-order valence-electron chi connectivity index (χ1n) is 5.38. The Morgan fingerprint density at radius 3 is 2.59 bits per heavy atom. The zero-order valence-corrected chi connectivity index (χ0v) is 9.40. The molecular weight excluding hydrogens is 227 g/mol. The van der Waals surface area contributed by atoms with Crippen molar-refractivity contribution in [3.05, 3.63) is 23.5 Å². The normalized spacial score (nSPS) is 15.4. The van der Waals surface area contributed by atoms with Gasteiger partial charge in [-0.15, -0.1) is 0 Å². The molecule has 0 saturated carbocycles. The van der Waals surface area contributed by atoms with Crippen molar-refractivity contribution in [2.24, 2.45) is 5.92 Å². The highest BCUT2D eigenvalue weighted by molar-refractivity contribution is 5.70. The number of aliphatic carboxylic acids is 1. The van der Waals surface area contributed by atoms with E-state index in [2.05, 4.69) is 0 Å². The molecule has 1 atom stereocenters. The number of ether oxygens (including phenoxy) is 2. The van der Waals surface area contributed by atoms with Crippen LogP contribution in [0, 0.1) is 11.7 Å². The van der Waals surface area contributed by atoms with Gasteiger partial charge in [0, 0.05) is 6.07 Å². The fourth-order valence-electron chi connectivity index (χ4n) is 1.68. The van der Waals surface area contributed by atoms with Crippen LogP contribution in [0.1, 0.15) is 12.5 Å². The molecule has 1 heterocycles. The Hall–Kier alpha value is -1.78. The van der Waals surface area contributed by atoms with E-state index in [1.165, 1.54) is 12.1 Å². The SMILES string of the molecule is CC(Cc1cc2c(cc1F)OCCO2)C(=O)O. The molecule has 1 N–H and O–H groups in total. The Balaban J connectivity index is 2.25. The number of carboxylic acid groups (broad SMARTS) is 1. The highest BCUT2D eigenvalue weighted by atomic mass is 19.1. The van der Waals surface area contributed by atoms with E-state index in [1.807, 2.05) is 0 Å². The molecule has 0 spiro atoms. The zero-order chi connectivity index (χ0) is 12.4. The van der Waals surface area contributed by atoms with E-state index >= 15 is 0 Å². The van der Waals surface area contributed by atoms with Gasteiger partial charge in [-0.2, -0.15) is 0 Å². The first kappa shape index (κ1) is 11.7. The number of rotatable bonds is 3. The van der Waals surface area contributed by atoms with Crippen molar-refractivity contribution in [1.82, 2.24) is 0 Å². The molecule has 0 saturated heterocycles. The van der Waals surface area contributed by atoms with Crippen LogP contribution in [0.4, 0.5) is 4.39 Å². The molecule has 0 fully saturated rings. The van der Waals surface area contributed by atoms with Crippen molar-refractivity contribution in [2.45, 2.75) is 13.3 Å². The molecule has 0 radical (unpaired) electrons. The second-order valence-corrected chi connectivity index (χ2v) is 4.03. The van der Waals surface area contributed by atoms with Crippen molar-refractivity contribution in [3.8, 4) is 11.5 Å². The molecule has 0 amide bonds. The van der Waals surface area contributed by atoms with Gasteiger partial charge < -0.3 is 14.6 Å². The second kappa shape index (κ2) is 4.61. The second-order valence-electron chi connectivity index (χ2n) is 4.03. The minimum absolute atomic E-state index is 0.137. The standard InChI is InChI=1S/C12H13FO4/c1-7(12(14)15)4-8-5-10-11(6-9(8)13)17-3-2-16-10/h5-7H,2-4H2,1H3,(H,14,15). The third kappa shape index (κ3) is 2.49. The lowest BCUT2D eigenvalue weighted by atomic mass is 10.0. The Labute approximate surface area is 98.0 Å². The Bertz CT molecular complexity index is 444. The van der Waals surface area contributed by atoms with Gasteiger partial charge >= 0.3 is 5.97 Å². The quantitative estimate of drug-likeness (QED) is 0.876. The van der Waals surface area contributed by atoms with Crippen LogP contribution < -0.4 is 9.47 Å². The van der Waals surface area contributed by atoms with Crippen LogP contribution in [0.3, 0.4) is 0 Å². The van der Waals surface area contributed by atoms with Gasteiger partial charge in [0.2, 0.25) is 0 Å². The summed E-state index contributed by atoms with van der Waals surface area (Å²) < 4.78 is 24.2. The zero-order valence-electron chi connectivity index (χ0n) is 9.40. The van der Waals surface area contributed by atoms with Gasteiger partial charge in [0.1, 0.15) is 19.0 Å². The summed E-state index contributed by atoms with van der Waals surface area (Å²) in [5.41, 5.74) is 0.337. The third-order valence-electron chi connectivity index (χ3n) is 2.66. The summed E-state index contributed by atoms with van der Waals surface area (Å²) in [7, 11) is 0. The van der Waals surface area contributed by atoms with E-state index in [9.17, 15) is 9.18 Å². The molecule has 1 aliphatic rings. The Morgan fingerprint density at radius 1 is 1.41 bits per heavy atom. The third-order valence-corrected chi connectivity index (χ3v) is 2.66. The first-order chi connectivity index (χ1) is 8.08. The molecule has 1 unspecified atom stereocenters. The summed E-state index contributed by atoms with van der Waals surface area (Å²) in [6, 6.07) is 2.77. The summed E-state index contributed by atoms with van der Waals surface area (Å²) in [6.07, 6.45) is 0.137. The van der Waals surface area contributed by atoms with E-state index in [1.54, 1.807) is 6.92 Å². The topological polar surface area (TPSA) is 55.8 Å². The Morgan fingerprint density at radius 2 is 2.00 bits per heavy atom. The van der Waals surface area contributed by atoms with Crippen molar-refractivity contribution in [1.29, 1.82) is 0 Å². The van der Waals surface area contributed by atoms with Gasteiger partial charge in [0.05, 0.1) is 5.92 Å². The van der Waals surface area contributed by atoms with E-state index in [-0.39, 0.29) is 6.42 Å². The molecule has 0 aromatic heterocycles.